The van der Waals surface area contributed by atoms with Crippen LogP contribution in [0.3, 0.4) is 0 Å². The van der Waals surface area contributed by atoms with Crippen LogP contribution in [0.25, 0.3) is 0 Å². The van der Waals surface area contributed by atoms with Crippen LogP contribution in [-0.4, -0.2) is 68.3 Å². The van der Waals surface area contributed by atoms with Crippen LogP contribution < -0.4 is 10.6 Å². The molecule has 0 heterocycles. The monoisotopic (exact) mass is 442 g/mol. The molecule has 0 fully saturated rings. The first kappa shape index (κ1) is 29.9. The van der Waals surface area contributed by atoms with E-state index in [1.807, 2.05) is 0 Å². The van der Waals surface area contributed by atoms with E-state index >= 15 is 0 Å². The second-order valence-corrected chi connectivity index (χ2v) is 9.99. The third-order valence-electron chi connectivity index (χ3n) is 5.72. The van der Waals surface area contributed by atoms with E-state index in [0.717, 1.165) is 36.7 Å². The summed E-state index contributed by atoms with van der Waals surface area (Å²) < 4.78 is 0.810. The third-order valence-corrected chi connectivity index (χ3v) is 5.72. The zero-order chi connectivity index (χ0) is 23.4. The largest absolute Gasteiger partial charge is 0.480 e. The lowest BCUT2D eigenvalue weighted by Crippen LogP contribution is -2.45. The maximum absolute atomic E-state index is 11.9. The highest BCUT2D eigenvalue weighted by Gasteiger charge is 2.17. The number of unbranched alkanes of at least 4 members (excludes halogenated alkanes) is 11. The summed E-state index contributed by atoms with van der Waals surface area (Å²) in [5.41, 5.74) is 0. The van der Waals surface area contributed by atoms with Crippen LogP contribution in [0.15, 0.2) is 0 Å². The van der Waals surface area contributed by atoms with Gasteiger partial charge in [0.1, 0.15) is 6.04 Å². The average molecular weight is 443 g/mol. The van der Waals surface area contributed by atoms with E-state index < -0.39 is 12.0 Å². The minimum Gasteiger partial charge on any atom is -0.480 e. The highest BCUT2D eigenvalue weighted by molar-refractivity contribution is 5.75. The average Bonchev–Trinajstić information content (AvgIpc) is 2.69. The molecule has 0 aromatic carbocycles. The number of nitrogens with one attached hydrogen (secondary N) is 2. The van der Waals surface area contributed by atoms with Crippen molar-refractivity contribution >= 4 is 11.9 Å². The molecule has 0 aromatic heterocycles. The van der Waals surface area contributed by atoms with Crippen LogP contribution >= 0.6 is 0 Å². The van der Waals surface area contributed by atoms with Crippen LogP contribution in [0.1, 0.15) is 103 Å². The molecule has 0 aliphatic rings. The van der Waals surface area contributed by atoms with E-state index in [9.17, 15) is 14.7 Å². The van der Waals surface area contributed by atoms with E-state index in [4.69, 9.17) is 0 Å². The number of carbonyl (C=O) groups is 2. The van der Waals surface area contributed by atoms with Gasteiger partial charge >= 0.3 is 5.97 Å². The molecule has 31 heavy (non-hydrogen) atoms. The second-order valence-electron chi connectivity index (χ2n) is 9.99. The fourth-order valence-corrected chi connectivity index (χ4v) is 3.63. The lowest BCUT2D eigenvalue weighted by atomic mass is 10.1. The van der Waals surface area contributed by atoms with Gasteiger partial charge in [0.25, 0.3) is 0 Å². The van der Waals surface area contributed by atoms with Crippen molar-refractivity contribution in [1.82, 2.24) is 10.6 Å². The molecule has 0 aliphatic carbocycles. The Hall–Kier alpha value is -1.14. The number of quaternary nitrogens is 1. The molecule has 0 aliphatic heterocycles. The molecule has 184 valence electrons. The summed E-state index contributed by atoms with van der Waals surface area (Å²) >= 11 is 0. The maximum Gasteiger partial charge on any atom is 0.320 e. The summed E-state index contributed by atoms with van der Waals surface area (Å²) in [6, 6.07) is -0.501. The Morgan fingerprint density at radius 2 is 1.32 bits per heavy atom. The number of carbonyl (C=O) groups excluding carboxylic acids is 1. The van der Waals surface area contributed by atoms with Gasteiger partial charge in [-0.05, 0) is 25.7 Å². The second kappa shape index (κ2) is 19.5. The predicted octanol–water partition coefficient (Wildman–Crippen LogP) is 4.72. The van der Waals surface area contributed by atoms with Crippen molar-refractivity contribution in [3.63, 3.8) is 0 Å². The Morgan fingerprint density at radius 1 is 0.774 bits per heavy atom. The number of carboxylic acids is 1. The molecule has 1 amide bonds. The number of likely N-dealkylation sites (N-methyl/N-ethyl adjacent to an activating group) is 1. The van der Waals surface area contributed by atoms with Crippen molar-refractivity contribution in [2.45, 2.75) is 109 Å². The molecule has 0 unspecified atom stereocenters. The first-order valence-electron chi connectivity index (χ1n) is 12.8. The molecule has 1 atom stereocenters. The molecular formula is C25H52N3O3+. The number of rotatable bonds is 22. The zero-order valence-electron chi connectivity index (χ0n) is 21.0. The molecule has 0 rings (SSSR count). The third kappa shape index (κ3) is 21.9. The van der Waals surface area contributed by atoms with Gasteiger partial charge in [-0.2, -0.15) is 0 Å². The molecule has 0 spiro atoms. The highest BCUT2D eigenvalue weighted by atomic mass is 16.4. The molecule has 6 nitrogen and oxygen atoms in total. The van der Waals surface area contributed by atoms with Crippen molar-refractivity contribution in [2.24, 2.45) is 0 Å². The topological polar surface area (TPSA) is 78.4 Å². The van der Waals surface area contributed by atoms with Crippen molar-refractivity contribution in [3.05, 3.63) is 0 Å². The van der Waals surface area contributed by atoms with Crippen LogP contribution in [0.4, 0.5) is 0 Å². The van der Waals surface area contributed by atoms with Gasteiger partial charge in [-0.1, -0.05) is 71.1 Å². The number of hydrogen-bond donors (Lipinski definition) is 3. The molecule has 3 N–H and O–H groups in total. The number of carboxylic acid groups (broad SMARTS) is 1. The fraction of sp³-hybridized carbons (Fsp3) is 0.920. The predicted molar refractivity (Wildman–Crippen MR) is 130 cm³/mol. The zero-order valence-corrected chi connectivity index (χ0v) is 21.0. The minimum atomic E-state index is -0.790. The van der Waals surface area contributed by atoms with Gasteiger partial charge in [-0.3, -0.25) is 14.9 Å². The maximum atomic E-state index is 11.9. The SMILES string of the molecule is CCCCCCCCCCCCCC(=O)NCCCC[C@H](NCC[N+](C)(C)C)C(=O)O. The van der Waals surface area contributed by atoms with Crippen molar-refractivity contribution in [2.75, 3.05) is 40.8 Å². The molecule has 6 heteroatoms. The van der Waals surface area contributed by atoms with Crippen LogP contribution in [-0.2, 0) is 9.59 Å². The summed E-state index contributed by atoms with van der Waals surface area (Å²) in [5, 5.41) is 15.5. The first-order chi connectivity index (χ1) is 14.8. The molecule has 0 saturated carbocycles. The molecule has 0 saturated heterocycles. The standard InChI is InChI=1S/C25H51N3O3/c1-5-6-7-8-9-10-11-12-13-14-15-19-24(29)27-20-17-16-18-23(25(30)31)26-21-22-28(2,3)4/h23,26H,5-22H2,1-4H3,(H-,27,29,30,31)/p+1/t23-/m0/s1. The van der Waals surface area contributed by atoms with E-state index in [1.165, 1.54) is 57.8 Å². The quantitative estimate of drug-likeness (QED) is 0.167. The van der Waals surface area contributed by atoms with Crippen LogP contribution in [0.2, 0.25) is 0 Å². The Balaban J connectivity index is 3.55. The van der Waals surface area contributed by atoms with Crippen molar-refractivity contribution < 1.29 is 19.2 Å². The van der Waals surface area contributed by atoms with Gasteiger partial charge in [-0.25, -0.2) is 0 Å². The minimum absolute atomic E-state index is 0.131. The van der Waals surface area contributed by atoms with Crippen LogP contribution in [0.5, 0.6) is 0 Å². The lowest BCUT2D eigenvalue weighted by molar-refractivity contribution is -0.869. The first-order valence-corrected chi connectivity index (χ1v) is 12.8. The van der Waals surface area contributed by atoms with E-state index in [-0.39, 0.29) is 5.91 Å². The number of hydrogen-bond acceptors (Lipinski definition) is 3. The van der Waals surface area contributed by atoms with Gasteiger partial charge in [0.05, 0.1) is 27.7 Å². The van der Waals surface area contributed by atoms with Gasteiger partial charge < -0.3 is 14.9 Å². The number of aliphatic carboxylic acids is 1. The molecule has 0 aromatic rings. The Kier molecular flexibility index (Phi) is 18.8. The van der Waals surface area contributed by atoms with Gasteiger partial charge in [-0.15, -0.1) is 0 Å². The number of nitrogens with zero attached hydrogens (tertiary/aromatic N) is 1. The van der Waals surface area contributed by atoms with Gasteiger partial charge in [0.2, 0.25) is 5.91 Å². The lowest BCUT2D eigenvalue weighted by Gasteiger charge is -2.25. The highest BCUT2D eigenvalue weighted by Crippen LogP contribution is 2.12. The fourth-order valence-electron chi connectivity index (χ4n) is 3.63. The molecular weight excluding hydrogens is 390 g/mol. The van der Waals surface area contributed by atoms with Crippen LogP contribution in [0, 0.1) is 0 Å². The Labute approximate surface area is 192 Å². The van der Waals surface area contributed by atoms with Crippen molar-refractivity contribution in [3.8, 4) is 0 Å². The van der Waals surface area contributed by atoms with Gasteiger partial charge in [0.15, 0.2) is 0 Å². The summed E-state index contributed by atoms with van der Waals surface area (Å²) in [4.78, 5) is 23.3. The summed E-state index contributed by atoms with van der Waals surface area (Å²) in [6.45, 7) is 4.47. The Morgan fingerprint density at radius 3 is 1.84 bits per heavy atom. The summed E-state index contributed by atoms with van der Waals surface area (Å²) in [7, 11) is 6.28. The Bertz CT molecular complexity index is 450. The molecule has 0 radical (unpaired) electrons. The number of amides is 1. The smallest absolute Gasteiger partial charge is 0.320 e. The summed E-state index contributed by atoms with van der Waals surface area (Å²) in [5.74, 6) is -0.659. The van der Waals surface area contributed by atoms with Crippen molar-refractivity contribution in [1.29, 1.82) is 0 Å². The van der Waals surface area contributed by atoms with Gasteiger partial charge in [0, 0.05) is 19.5 Å². The summed E-state index contributed by atoms with van der Waals surface area (Å²) in [6.07, 6.45) is 17.0. The van der Waals surface area contributed by atoms with E-state index in [2.05, 4.69) is 38.7 Å². The van der Waals surface area contributed by atoms with E-state index in [0.29, 0.717) is 25.9 Å². The molecule has 0 bridgehead atoms. The van der Waals surface area contributed by atoms with E-state index in [1.54, 1.807) is 0 Å². The normalized spacial score (nSPS) is 12.6.